The fraction of sp³-hybridized carbons (Fsp3) is 0.0667. The first-order chi connectivity index (χ1) is 17.1. The number of carbonyl (C=O) groups is 1. The molecule has 1 N–H and O–H groups in total. The highest BCUT2D eigenvalue weighted by Gasteiger charge is 2.44. The number of para-hydroxylation sites is 1. The molecule has 0 spiro atoms. The maximum Gasteiger partial charge on any atom is 0.264 e. The van der Waals surface area contributed by atoms with Crippen molar-refractivity contribution in [3.63, 3.8) is 0 Å². The number of ether oxygens (including phenoxy) is 2. The Hall–Kier alpha value is -4.64. The normalized spacial score (nSPS) is 14.3. The Balaban J connectivity index is 1.63. The van der Waals surface area contributed by atoms with Gasteiger partial charge in [0.15, 0.2) is 5.60 Å². The number of methoxy groups -OCH3 is 1. The summed E-state index contributed by atoms with van der Waals surface area (Å²) in [6, 6.07) is 33.9. The van der Waals surface area contributed by atoms with Gasteiger partial charge in [0.1, 0.15) is 11.5 Å². The van der Waals surface area contributed by atoms with Crippen molar-refractivity contribution in [2.75, 3.05) is 7.11 Å². The van der Waals surface area contributed by atoms with Crippen molar-refractivity contribution < 1.29 is 19.4 Å². The predicted octanol–water partition coefficient (Wildman–Crippen LogP) is 6.22. The molecular formula is C30H23NO4. The number of aliphatic hydroxyl groups is 1. The Morgan fingerprint density at radius 3 is 2.00 bits per heavy atom. The van der Waals surface area contributed by atoms with Crippen molar-refractivity contribution in [3.05, 3.63) is 138 Å². The molecule has 0 amide bonds. The van der Waals surface area contributed by atoms with E-state index in [1.165, 1.54) is 0 Å². The second-order valence-electron chi connectivity index (χ2n) is 8.07. The molecule has 5 nitrogen and oxygen atoms in total. The highest BCUT2D eigenvalue weighted by Crippen LogP contribution is 2.47. The third kappa shape index (κ3) is 4.08. The van der Waals surface area contributed by atoms with Crippen LogP contribution in [0.1, 0.15) is 22.3 Å². The van der Waals surface area contributed by atoms with Crippen LogP contribution in [-0.4, -0.2) is 23.9 Å². The zero-order chi connectivity index (χ0) is 24.3. The van der Waals surface area contributed by atoms with E-state index in [0.717, 1.165) is 22.8 Å². The molecule has 0 unspecified atom stereocenters. The lowest BCUT2D eigenvalue weighted by atomic mass is 9.78. The average molecular weight is 462 g/mol. The third-order valence-electron chi connectivity index (χ3n) is 5.98. The van der Waals surface area contributed by atoms with Crippen LogP contribution < -0.4 is 4.74 Å². The number of benzene rings is 4. The smallest absolute Gasteiger partial charge is 0.264 e. The van der Waals surface area contributed by atoms with Crippen molar-refractivity contribution >= 4 is 23.1 Å². The van der Waals surface area contributed by atoms with E-state index in [0.29, 0.717) is 17.0 Å². The van der Waals surface area contributed by atoms with Crippen LogP contribution in [0.25, 0.3) is 5.76 Å². The van der Waals surface area contributed by atoms with Crippen LogP contribution in [0.4, 0.5) is 5.69 Å². The largest absolute Gasteiger partial charge is 0.507 e. The zero-order valence-electron chi connectivity index (χ0n) is 19.1. The van der Waals surface area contributed by atoms with E-state index in [2.05, 4.69) is 4.99 Å². The zero-order valence-corrected chi connectivity index (χ0v) is 19.1. The van der Waals surface area contributed by atoms with E-state index in [-0.39, 0.29) is 11.7 Å². The molecule has 0 aliphatic carbocycles. The van der Waals surface area contributed by atoms with Crippen molar-refractivity contribution in [3.8, 4) is 5.75 Å². The van der Waals surface area contributed by atoms with Crippen molar-refractivity contribution in [1.29, 1.82) is 0 Å². The van der Waals surface area contributed by atoms with Gasteiger partial charge in [-0.15, -0.1) is 0 Å². The maximum atomic E-state index is 13.3. The molecular weight excluding hydrogens is 438 g/mol. The minimum atomic E-state index is -1.09. The number of hydrogen-bond acceptors (Lipinski definition) is 5. The maximum absolute atomic E-state index is 13.3. The van der Waals surface area contributed by atoms with Gasteiger partial charge in [-0.3, -0.25) is 4.79 Å². The Kier molecular flexibility index (Phi) is 5.90. The van der Waals surface area contributed by atoms with Crippen LogP contribution in [0.2, 0.25) is 0 Å². The summed E-state index contributed by atoms with van der Waals surface area (Å²) in [5, 5.41) is 10.6. The fourth-order valence-corrected chi connectivity index (χ4v) is 4.28. The van der Waals surface area contributed by atoms with Crippen LogP contribution >= 0.6 is 0 Å². The minimum Gasteiger partial charge on any atom is -0.507 e. The quantitative estimate of drug-likeness (QED) is 0.274. The molecule has 0 fully saturated rings. The van der Waals surface area contributed by atoms with Crippen LogP contribution in [0, 0.1) is 0 Å². The number of aliphatic hydroxyl groups excluding tert-OH is 1. The van der Waals surface area contributed by atoms with Gasteiger partial charge in [0.25, 0.3) is 5.90 Å². The Morgan fingerprint density at radius 2 is 1.40 bits per heavy atom. The van der Waals surface area contributed by atoms with Gasteiger partial charge >= 0.3 is 0 Å². The number of carbonyl (C=O) groups excluding carboxylic acids is 1. The van der Waals surface area contributed by atoms with Gasteiger partial charge in [-0.05, 0) is 30.3 Å². The van der Waals surface area contributed by atoms with Crippen molar-refractivity contribution in [2.24, 2.45) is 4.99 Å². The molecule has 5 rings (SSSR count). The summed E-state index contributed by atoms with van der Waals surface area (Å²) in [6.45, 7) is 0. The Labute approximate surface area is 203 Å². The second kappa shape index (κ2) is 9.31. The minimum absolute atomic E-state index is 0.100. The fourth-order valence-electron chi connectivity index (χ4n) is 4.28. The molecule has 0 atom stereocenters. The Bertz CT molecular complexity index is 1370. The van der Waals surface area contributed by atoms with Gasteiger partial charge in [-0.25, -0.2) is 4.99 Å². The summed E-state index contributed by atoms with van der Waals surface area (Å²) in [6.07, 6.45) is 1.13. The van der Waals surface area contributed by atoms with Gasteiger partial charge in [0.05, 0.1) is 12.8 Å². The molecule has 4 aromatic rings. The van der Waals surface area contributed by atoms with Gasteiger partial charge in [0.2, 0.25) is 5.78 Å². The first-order valence-corrected chi connectivity index (χ1v) is 11.2. The lowest BCUT2D eigenvalue weighted by Crippen LogP contribution is -2.39. The molecule has 1 aliphatic heterocycles. The summed E-state index contributed by atoms with van der Waals surface area (Å²) in [5.74, 6) is -0.173. The van der Waals surface area contributed by atoms with Crippen molar-refractivity contribution in [2.45, 2.75) is 5.60 Å². The second-order valence-corrected chi connectivity index (χ2v) is 8.07. The summed E-state index contributed by atoms with van der Waals surface area (Å²) in [4.78, 5) is 17.9. The highest BCUT2D eigenvalue weighted by atomic mass is 16.5. The number of ketones is 1. The predicted molar refractivity (Wildman–Crippen MR) is 136 cm³/mol. The topological polar surface area (TPSA) is 68.1 Å². The van der Waals surface area contributed by atoms with Crippen LogP contribution in [0.3, 0.4) is 0 Å². The van der Waals surface area contributed by atoms with Gasteiger partial charge in [-0.1, -0.05) is 78.9 Å². The molecule has 35 heavy (non-hydrogen) atoms. The van der Waals surface area contributed by atoms with Crippen LogP contribution in [0.5, 0.6) is 5.75 Å². The molecule has 1 aliphatic rings. The third-order valence-corrected chi connectivity index (χ3v) is 5.98. The molecule has 5 heteroatoms. The standard InChI is InChI=1S/C30H23NO4/c1-34-24-18-16-21(17-19-24)27(32)20-28(33)29-31-26-15-9-8-14-25(26)30(35-29,22-10-4-2-5-11-22)23-12-6-3-7-13-23/h2-20,32H,1H3/b27-20-. The summed E-state index contributed by atoms with van der Waals surface area (Å²) in [7, 11) is 1.57. The summed E-state index contributed by atoms with van der Waals surface area (Å²) in [5.41, 5.74) is 2.58. The number of nitrogens with zero attached hydrogens (tertiary/aromatic N) is 1. The van der Waals surface area contributed by atoms with E-state index in [9.17, 15) is 9.90 Å². The molecule has 4 aromatic carbocycles. The average Bonchev–Trinajstić information content (AvgIpc) is 2.93. The van der Waals surface area contributed by atoms with E-state index < -0.39 is 11.4 Å². The van der Waals surface area contributed by atoms with E-state index >= 15 is 0 Å². The number of hydrogen-bond donors (Lipinski definition) is 1. The van der Waals surface area contributed by atoms with E-state index in [4.69, 9.17) is 9.47 Å². The van der Waals surface area contributed by atoms with Gasteiger partial charge < -0.3 is 14.6 Å². The lowest BCUT2D eigenvalue weighted by Gasteiger charge is -2.39. The molecule has 1 heterocycles. The molecule has 0 saturated carbocycles. The van der Waals surface area contributed by atoms with Gasteiger partial charge in [0, 0.05) is 28.3 Å². The number of rotatable bonds is 6. The van der Waals surface area contributed by atoms with Crippen molar-refractivity contribution in [1.82, 2.24) is 0 Å². The van der Waals surface area contributed by atoms with E-state index in [1.807, 2.05) is 84.9 Å². The molecule has 0 radical (unpaired) electrons. The first-order valence-electron chi connectivity index (χ1n) is 11.2. The Morgan fingerprint density at radius 1 is 0.829 bits per heavy atom. The number of fused-ring (bicyclic) bond motifs is 1. The molecule has 172 valence electrons. The SMILES string of the molecule is COc1ccc(/C(O)=C/C(=O)C2=Nc3ccccc3C(c3ccccc3)(c3ccccc3)O2)cc1. The number of aliphatic imine (C=N–C) groups is 1. The monoisotopic (exact) mass is 461 g/mol. The summed E-state index contributed by atoms with van der Waals surface area (Å²) >= 11 is 0. The summed E-state index contributed by atoms with van der Waals surface area (Å²) < 4.78 is 11.7. The van der Waals surface area contributed by atoms with Gasteiger partial charge in [-0.2, -0.15) is 0 Å². The first kappa shape index (κ1) is 22.2. The van der Waals surface area contributed by atoms with E-state index in [1.54, 1.807) is 31.4 Å². The lowest BCUT2D eigenvalue weighted by molar-refractivity contribution is -0.111. The molecule has 0 aromatic heterocycles. The molecule has 0 saturated heterocycles. The highest BCUT2D eigenvalue weighted by molar-refractivity contribution is 6.42. The molecule has 0 bridgehead atoms. The van der Waals surface area contributed by atoms with Crippen LogP contribution in [0.15, 0.2) is 120 Å². The van der Waals surface area contributed by atoms with Crippen LogP contribution in [-0.2, 0) is 15.1 Å².